The van der Waals surface area contributed by atoms with Crippen LogP contribution in [-0.4, -0.2) is 65.1 Å². The first-order valence-corrected chi connectivity index (χ1v) is 12.1. The highest BCUT2D eigenvalue weighted by Crippen LogP contribution is 2.34. The van der Waals surface area contributed by atoms with Gasteiger partial charge in [0.1, 0.15) is 11.6 Å². The van der Waals surface area contributed by atoms with Gasteiger partial charge in [0.05, 0.1) is 16.1 Å². The van der Waals surface area contributed by atoms with E-state index in [1.807, 2.05) is 56.3 Å². The van der Waals surface area contributed by atoms with Crippen molar-refractivity contribution >= 4 is 40.2 Å². The summed E-state index contributed by atoms with van der Waals surface area (Å²) in [7, 11) is 3.73. The molecule has 1 aromatic carbocycles. The fourth-order valence-electron chi connectivity index (χ4n) is 4.63. The Hall–Kier alpha value is -3.39. The molecule has 1 amide bonds. The van der Waals surface area contributed by atoms with Gasteiger partial charge in [0.25, 0.3) is 0 Å². The molecule has 4 rings (SSSR count). The third-order valence-corrected chi connectivity index (χ3v) is 6.67. The van der Waals surface area contributed by atoms with E-state index in [1.54, 1.807) is 9.47 Å². The smallest absolute Gasteiger partial charge is 0.355 e. The van der Waals surface area contributed by atoms with E-state index in [0.29, 0.717) is 47.3 Å². The van der Waals surface area contributed by atoms with Gasteiger partial charge in [-0.15, -0.1) is 0 Å². The van der Waals surface area contributed by atoms with Crippen molar-refractivity contribution in [3.8, 4) is 5.69 Å². The molecule has 2 aromatic heterocycles. The SMILES string of the molecule is C=CC(=O)N1CCN(c2nc(=O)n(-c3ccccc3C(C)C)c3nc(N(C)C)c(Cl)cc23)[C@@H](C)C1. The molecule has 35 heavy (non-hydrogen) atoms. The summed E-state index contributed by atoms with van der Waals surface area (Å²) in [5.74, 6) is 1.20. The Morgan fingerprint density at radius 2 is 1.94 bits per heavy atom. The van der Waals surface area contributed by atoms with Crippen molar-refractivity contribution in [2.75, 3.05) is 43.5 Å². The maximum Gasteiger partial charge on any atom is 0.355 e. The Morgan fingerprint density at radius 1 is 1.23 bits per heavy atom. The first-order chi connectivity index (χ1) is 16.6. The number of carbonyl (C=O) groups excluding carboxylic acids is 1. The Bertz CT molecular complexity index is 1350. The zero-order chi connectivity index (χ0) is 25.4. The number of carbonyl (C=O) groups is 1. The number of piperazine rings is 1. The topological polar surface area (TPSA) is 74.6 Å². The van der Waals surface area contributed by atoms with Crippen LogP contribution in [0.4, 0.5) is 11.6 Å². The summed E-state index contributed by atoms with van der Waals surface area (Å²) < 4.78 is 1.58. The van der Waals surface area contributed by atoms with E-state index in [4.69, 9.17) is 16.6 Å². The molecular weight excluding hydrogens is 464 g/mol. The number of rotatable bonds is 5. The normalized spacial score (nSPS) is 16.1. The molecule has 0 spiro atoms. The van der Waals surface area contributed by atoms with Crippen LogP contribution in [0.15, 0.2) is 47.8 Å². The van der Waals surface area contributed by atoms with E-state index in [1.165, 1.54) is 6.08 Å². The van der Waals surface area contributed by atoms with Crippen LogP contribution in [0.25, 0.3) is 16.7 Å². The highest BCUT2D eigenvalue weighted by Gasteiger charge is 2.30. The minimum Gasteiger partial charge on any atom is -0.361 e. The lowest BCUT2D eigenvalue weighted by molar-refractivity contribution is -0.126. The van der Waals surface area contributed by atoms with Gasteiger partial charge in [-0.25, -0.2) is 14.3 Å². The molecule has 1 aliphatic rings. The Morgan fingerprint density at radius 3 is 2.57 bits per heavy atom. The Labute approximate surface area is 210 Å². The minimum atomic E-state index is -0.406. The molecule has 1 aliphatic heterocycles. The van der Waals surface area contributed by atoms with E-state index < -0.39 is 5.69 Å². The summed E-state index contributed by atoms with van der Waals surface area (Å²) in [6.07, 6.45) is 1.33. The van der Waals surface area contributed by atoms with Gasteiger partial charge in [-0.1, -0.05) is 50.2 Å². The second-order valence-corrected chi connectivity index (χ2v) is 9.76. The fourth-order valence-corrected chi connectivity index (χ4v) is 4.95. The van der Waals surface area contributed by atoms with E-state index in [2.05, 4.69) is 30.3 Å². The van der Waals surface area contributed by atoms with E-state index in [0.717, 1.165) is 11.3 Å². The summed E-state index contributed by atoms with van der Waals surface area (Å²) in [6.45, 7) is 11.3. The number of halogens is 1. The first kappa shape index (κ1) is 24.7. The molecule has 0 unspecified atom stereocenters. The zero-order valence-corrected chi connectivity index (χ0v) is 21.6. The number of nitrogens with zero attached hydrogens (tertiary/aromatic N) is 6. The van der Waals surface area contributed by atoms with Crippen molar-refractivity contribution < 1.29 is 4.79 Å². The van der Waals surface area contributed by atoms with E-state index in [9.17, 15) is 9.59 Å². The number of para-hydroxylation sites is 1. The van der Waals surface area contributed by atoms with E-state index in [-0.39, 0.29) is 17.9 Å². The summed E-state index contributed by atoms with van der Waals surface area (Å²) in [5.41, 5.74) is 1.87. The Balaban J connectivity index is 1.97. The van der Waals surface area contributed by atoms with Gasteiger partial charge in [0.15, 0.2) is 5.65 Å². The molecule has 0 bridgehead atoms. The number of anilines is 2. The monoisotopic (exact) mass is 494 g/mol. The number of hydrogen-bond acceptors (Lipinski definition) is 6. The quantitative estimate of drug-likeness (QED) is 0.502. The number of aromatic nitrogens is 3. The minimum absolute atomic E-state index is 0.0612. The van der Waals surface area contributed by atoms with Gasteiger partial charge in [-0.3, -0.25) is 4.79 Å². The van der Waals surface area contributed by atoms with Crippen molar-refractivity contribution in [1.82, 2.24) is 19.4 Å². The number of pyridine rings is 1. The van der Waals surface area contributed by atoms with Crippen molar-refractivity contribution in [2.24, 2.45) is 0 Å². The lowest BCUT2D eigenvalue weighted by Gasteiger charge is -2.40. The van der Waals surface area contributed by atoms with Crippen molar-refractivity contribution in [1.29, 1.82) is 0 Å². The molecule has 0 N–H and O–H groups in total. The van der Waals surface area contributed by atoms with Gasteiger partial charge >= 0.3 is 5.69 Å². The molecule has 8 nitrogen and oxygen atoms in total. The largest absolute Gasteiger partial charge is 0.361 e. The van der Waals surface area contributed by atoms with Crippen LogP contribution < -0.4 is 15.5 Å². The van der Waals surface area contributed by atoms with Crippen LogP contribution in [0.5, 0.6) is 0 Å². The average Bonchev–Trinajstić information content (AvgIpc) is 2.82. The lowest BCUT2D eigenvalue weighted by atomic mass is 10.0. The van der Waals surface area contributed by atoms with Gasteiger partial charge in [-0.05, 0) is 36.6 Å². The molecule has 3 heterocycles. The molecule has 0 saturated carbocycles. The van der Waals surface area contributed by atoms with E-state index >= 15 is 0 Å². The predicted octanol–water partition coefficient (Wildman–Crippen LogP) is 3.85. The van der Waals surface area contributed by atoms with Crippen LogP contribution >= 0.6 is 11.6 Å². The van der Waals surface area contributed by atoms with Gasteiger partial charge in [-0.2, -0.15) is 4.98 Å². The van der Waals surface area contributed by atoms with Crippen LogP contribution in [0.3, 0.4) is 0 Å². The zero-order valence-electron chi connectivity index (χ0n) is 20.8. The third-order valence-electron chi connectivity index (χ3n) is 6.39. The molecule has 9 heteroatoms. The number of benzene rings is 1. The molecule has 184 valence electrons. The van der Waals surface area contributed by atoms with Crippen LogP contribution in [-0.2, 0) is 4.79 Å². The summed E-state index contributed by atoms with van der Waals surface area (Å²) in [4.78, 5) is 40.8. The molecule has 0 aliphatic carbocycles. The van der Waals surface area contributed by atoms with Crippen LogP contribution in [0.1, 0.15) is 32.3 Å². The fraction of sp³-hybridized carbons (Fsp3) is 0.385. The van der Waals surface area contributed by atoms with Gasteiger partial charge < -0.3 is 14.7 Å². The molecule has 1 atom stereocenters. The molecular formula is C26H31ClN6O2. The summed E-state index contributed by atoms with van der Waals surface area (Å²) >= 11 is 6.65. The number of hydrogen-bond donors (Lipinski definition) is 0. The number of fused-ring (bicyclic) bond motifs is 1. The second-order valence-electron chi connectivity index (χ2n) is 9.36. The maximum atomic E-state index is 13.6. The van der Waals surface area contributed by atoms with Gasteiger partial charge in [0, 0.05) is 39.8 Å². The first-order valence-electron chi connectivity index (χ1n) is 11.7. The van der Waals surface area contributed by atoms with Gasteiger partial charge in [0.2, 0.25) is 5.91 Å². The second kappa shape index (κ2) is 9.70. The Kier molecular flexibility index (Phi) is 6.85. The summed E-state index contributed by atoms with van der Waals surface area (Å²) in [6, 6.07) is 9.60. The predicted molar refractivity (Wildman–Crippen MR) is 142 cm³/mol. The number of amides is 1. The standard InChI is InChI=1S/C26H31ClN6O2/c1-7-22(34)31-12-13-32(17(4)15-31)23-19-14-20(27)25(30(5)6)28-24(19)33(26(35)29-23)21-11-9-8-10-18(21)16(2)3/h7-11,14,16-17H,1,12-13,15H2,2-6H3/t17-/m0/s1. The highest BCUT2D eigenvalue weighted by molar-refractivity contribution is 6.33. The molecule has 1 saturated heterocycles. The van der Waals surface area contributed by atoms with Crippen LogP contribution in [0, 0.1) is 0 Å². The highest BCUT2D eigenvalue weighted by atomic mass is 35.5. The van der Waals surface area contributed by atoms with Crippen molar-refractivity contribution in [3.63, 3.8) is 0 Å². The molecule has 1 fully saturated rings. The maximum absolute atomic E-state index is 13.6. The van der Waals surface area contributed by atoms with Crippen molar-refractivity contribution in [2.45, 2.75) is 32.7 Å². The van der Waals surface area contributed by atoms with Crippen molar-refractivity contribution in [3.05, 3.63) is 64.1 Å². The van der Waals surface area contributed by atoms with Crippen LogP contribution in [0.2, 0.25) is 5.02 Å². The molecule has 3 aromatic rings. The summed E-state index contributed by atoms with van der Waals surface area (Å²) in [5, 5.41) is 1.16. The molecule has 0 radical (unpaired) electrons. The third kappa shape index (κ3) is 4.50. The average molecular weight is 495 g/mol. The lowest BCUT2D eigenvalue weighted by Crippen LogP contribution is -2.54.